The molecule has 0 radical (unpaired) electrons. The molecule has 4 fully saturated rings. The molecule has 4 aliphatic rings. The van der Waals surface area contributed by atoms with Crippen molar-refractivity contribution in [2.45, 2.75) is 87.5 Å². The van der Waals surface area contributed by atoms with Crippen LogP contribution in [0.4, 0.5) is 5.95 Å². The van der Waals surface area contributed by atoms with Gasteiger partial charge in [-0.3, -0.25) is 28.2 Å². The average molecular weight is 883 g/mol. The Bertz CT molecular complexity index is 2500. The molecule has 27 nitrogen and oxygen atoms in total. The Kier molecular flexibility index (Phi) is 10.7. The summed E-state index contributed by atoms with van der Waals surface area (Å²) in [6.45, 7) is -0.171. The van der Waals surface area contributed by atoms with Crippen LogP contribution in [0.3, 0.4) is 0 Å². The summed E-state index contributed by atoms with van der Waals surface area (Å²) in [5, 5.41) is 10.9. The number of ether oxygens (including phenoxy) is 5. The molecule has 1 saturated carbocycles. The largest absolute Gasteiger partial charge is 0.490 e. The Hall–Kier alpha value is -3.33. The van der Waals surface area contributed by atoms with E-state index in [-0.39, 0.29) is 34.1 Å². The van der Waals surface area contributed by atoms with Crippen LogP contribution >= 0.6 is 23.5 Å². The zero-order valence-electron chi connectivity index (χ0n) is 30.6. The third-order valence-electron chi connectivity index (χ3n) is 10.0. The highest BCUT2D eigenvalue weighted by Gasteiger charge is 2.62. The molecule has 0 amide bonds. The number of aromatic nitrogens is 8. The summed E-state index contributed by atoms with van der Waals surface area (Å²) in [4.78, 5) is 73.4. The smallest absolute Gasteiger partial charge is 0.386 e. The third-order valence-corrected chi connectivity index (χ3v) is 14.3. The second-order valence-corrected chi connectivity index (χ2v) is 18.6. The first-order valence-electron chi connectivity index (χ1n) is 17.6. The number of aliphatic hydroxyl groups is 1. The van der Waals surface area contributed by atoms with Crippen molar-refractivity contribution in [3.05, 3.63) is 39.2 Å². The molecule has 58 heavy (non-hydrogen) atoms. The van der Waals surface area contributed by atoms with Gasteiger partial charge in [-0.05, 0) is 19.8 Å². The van der Waals surface area contributed by atoms with Crippen molar-refractivity contribution in [1.82, 2.24) is 34.1 Å². The van der Waals surface area contributed by atoms with Crippen LogP contribution < -0.4 is 21.4 Å². The molecule has 0 aromatic carbocycles. The van der Waals surface area contributed by atoms with Crippen LogP contribution in [-0.2, 0) is 62.1 Å². The number of nitrogens with two attached hydrogens (primary N) is 1. The maximum absolute atomic E-state index is 13.0. The van der Waals surface area contributed by atoms with Crippen LogP contribution in [-0.4, -0.2) is 117 Å². The SMILES string of the molecule is CO[C@@H]1C(O)[C@H](n2cnc3c(=O)[nH]c(C)nc32)O[C@@H]1COP(=O)(O)OP(=O)(O)OP(=O)(O)OC[C@H]1O[C@@H](n2c[n+](C)c3c(=O)[nH]c(N)nc32)C2OC3(CCCC3)O[C@H]21. The number of methoxy groups -OCH3 is 1. The maximum atomic E-state index is 13.0. The highest BCUT2D eigenvalue weighted by atomic mass is 31.3. The molecule has 318 valence electrons. The van der Waals surface area contributed by atoms with E-state index in [1.165, 1.54) is 40.4 Å². The molecular weight excluding hydrogens is 843 g/mol. The van der Waals surface area contributed by atoms with Gasteiger partial charge in [0.05, 0.1) is 26.6 Å². The highest BCUT2D eigenvalue weighted by molar-refractivity contribution is 7.66. The number of aromatic amines is 2. The molecule has 5 unspecified atom stereocenters. The van der Waals surface area contributed by atoms with Gasteiger partial charge in [0, 0.05) is 20.0 Å². The van der Waals surface area contributed by atoms with Crippen LogP contribution in [0.2, 0.25) is 0 Å². The molecular formula is C28H39N9O18P3+. The van der Waals surface area contributed by atoms with Gasteiger partial charge in [0.2, 0.25) is 18.5 Å². The van der Waals surface area contributed by atoms with Gasteiger partial charge in [-0.1, -0.05) is 0 Å². The summed E-state index contributed by atoms with van der Waals surface area (Å²) in [7, 11) is -14.3. The molecule has 3 saturated heterocycles. The van der Waals surface area contributed by atoms with Gasteiger partial charge in [-0.25, -0.2) is 28.2 Å². The molecule has 0 bridgehead atoms. The second-order valence-electron chi connectivity index (χ2n) is 14.0. The van der Waals surface area contributed by atoms with Gasteiger partial charge in [0.25, 0.3) is 16.7 Å². The summed E-state index contributed by atoms with van der Waals surface area (Å²) < 4.78 is 91.1. The van der Waals surface area contributed by atoms with E-state index in [0.717, 1.165) is 12.8 Å². The molecule has 30 heteroatoms. The number of nitrogen functional groups attached to an aromatic ring is 1. The standard InChI is InChI=1S/C28H38N9O18P3/c1-12-31-21-15(23(39)32-12)30-10-36(21)25-17(38)18(47-3)13(50-25)8-48-56(41,42)54-58(45,46)55-57(43,44)49-9-14-19-20(53-28(52-19)6-4-5-7-28)26(51-14)37-11-35(2)16-22(37)33-27(29)34-24(16)40/h10-11,13-14,17-20,25-26,38H,4-9H2,1-3H3,(H6-,29,31,32,33,34,39,40,41,42,43,44,45,46)/p+1/t13-,14-,17?,18+,19+,20?,25-,26-/m1/s1. The number of phosphoric acid groups is 3. The topological polar surface area (TPSA) is 359 Å². The van der Waals surface area contributed by atoms with Crippen LogP contribution in [0.25, 0.3) is 22.3 Å². The number of rotatable bonds is 13. The van der Waals surface area contributed by atoms with Crippen molar-refractivity contribution >= 4 is 51.7 Å². The van der Waals surface area contributed by atoms with Crippen molar-refractivity contribution in [1.29, 1.82) is 0 Å². The zero-order chi connectivity index (χ0) is 41.5. The van der Waals surface area contributed by atoms with E-state index in [1.807, 2.05) is 0 Å². The fourth-order valence-corrected chi connectivity index (χ4v) is 11.2. The fourth-order valence-electron chi connectivity index (χ4n) is 7.72. The Labute approximate surface area is 324 Å². The lowest BCUT2D eigenvalue weighted by Gasteiger charge is -2.26. The van der Waals surface area contributed by atoms with E-state index < -0.39 is 103 Å². The molecule has 8 rings (SSSR count). The van der Waals surface area contributed by atoms with Crippen LogP contribution in [0.15, 0.2) is 22.2 Å². The van der Waals surface area contributed by atoms with Crippen molar-refractivity contribution in [2.75, 3.05) is 26.1 Å². The minimum atomic E-state index is -5.93. The normalized spacial score (nSPS) is 31.2. The predicted octanol–water partition coefficient (Wildman–Crippen LogP) is -0.834. The molecule has 1 aliphatic carbocycles. The van der Waals surface area contributed by atoms with Crippen LogP contribution in [0.5, 0.6) is 0 Å². The fraction of sp³-hybridized carbons (Fsp3) is 0.643. The summed E-state index contributed by atoms with van der Waals surface area (Å²) in [6, 6.07) is 0. The Morgan fingerprint density at radius 2 is 1.55 bits per heavy atom. The van der Waals surface area contributed by atoms with Crippen molar-refractivity contribution < 1.29 is 79.4 Å². The van der Waals surface area contributed by atoms with E-state index in [1.54, 1.807) is 7.05 Å². The number of nitrogens with one attached hydrogen (secondary N) is 2. The number of hydrogen-bond acceptors (Lipinski definition) is 19. The van der Waals surface area contributed by atoms with Gasteiger partial charge in [0.1, 0.15) is 36.3 Å². The molecule has 8 N–H and O–H groups in total. The second kappa shape index (κ2) is 15.0. The van der Waals surface area contributed by atoms with Gasteiger partial charge in [0.15, 0.2) is 29.3 Å². The Morgan fingerprint density at radius 3 is 2.22 bits per heavy atom. The molecule has 4 aromatic rings. The van der Waals surface area contributed by atoms with E-state index in [9.17, 15) is 43.1 Å². The Morgan fingerprint density at radius 1 is 0.914 bits per heavy atom. The highest BCUT2D eigenvalue weighted by Crippen LogP contribution is 2.68. The minimum Gasteiger partial charge on any atom is -0.386 e. The van der Waals surface area contributed by atoms with Crippen LogP contribution in [0, 0.1) is 6.92 Å². The van der Waals surface area contributed by atoms with Gasteiger partial charge in [-0.15, -0.1) is 0 Å². The Balaban J connectivity index is 0.916. The summed E-state index contributed by atoms with van der Waals surface area (Å²) in [5.74, 6) is -0.914. The van der Waals surface area contributed by atoms with Crippen molar-refractivity contribution in [3.63, 3.8) is 0 Å². The number of fused-ring (bicyclic) bond motifs is 3. The van der Waals surface area contributed by atoms with E-state index >= 15 is 0 Å². The first-order chi connectivity index (χ1) is 27.3. The van der Waals surface area contributed by atoms with E-state index in [4.69, 9.17) is 38.5 Å². The van der Waals surface area contributed by atoms with Gasteiger partial charge < -0.3 is 54.2 Å². The van der Waals surface area contributed by atoms with E-state index in [0.29, 0.717) is 12.8 Å². The minimum absolute atomic E-state index is 0.0530. The van der Waals surface area contributed by atoms with Crippen LogP contribution in [0.1, 0.15) is 44.0 Å². The lowest BCUT2D eigenvalue weighted by Crippen LogP contribution is -2.35. The lowest BCUT2D eigenvalue weighted by atomic mass is 10.1. The number of aryl methyl sites for hydroxylation is 2. The number of hydrogen-bond donors (Lipinski definition) is 7. The first kappa shape index (κ1) is 41.4. The third kappa shape index (κ3) is 7.75. The monoisotopic (exact) mass is 882 g/mol. The molecule has 3 aliphatic heterocycles. The molecule has 7 heterocycles. The summed E-state index contributed by atoms with van der Waals surface area (Å²) in [5.41, 5.74) is 5.04. The zero-order valence-corrected chi connectivity index (χ0v) is 33.3. The number of aliphatic hydroxyl groups excluding tert-OH is 1. The number of H-pyrrole nitrogens is 2. The van der Waals surface area contributed by atoms with E-state index in [2.05, 4.69) is 33.5 Å². The number of phosphoric ester groups is 2. The number of anilines is 1. The van der Waals surface area contributed by atoms with Crippen molar-refractivity contribution in [3.8, 4) is 0 Å². The van der Waals surface area contributed by atoms with Crippen molar-refractivity contribution in [2.24, 2.45) is 7.05 Å². The molecule has 4 aromatic heterocycles. The number of imidazole rings is 2. The molecule has 1 spiro atoms. The lowest BCUT2D eigenvalue weighted by molar-refractivity contribution is -0.646. The first-order valence-corrected chi connectivity index (χ1v) is 22.0. The predicted molar refractivity (Wildman–Crippen MR) is 188 cm³/mol. The average Bonchev–Trinajstić information content (AvgIpc) is 3.97. The van der Waals surface area contributed by atoms with Gasteiger partial charge >= 0.3 is 29.0 Å². The maximum Gasteiger partial charge on any atom is 0.490 e. The summed E-state index contributed by atoms with van der Waals surface area (Å²) in [6.07, 6.45) is -3.88. The van der Waals surface area contributed by atoms with Gasteiger partial charge in [-0.2, -0.15) is 18.2 Å². The summed E-state index contributed by atoms with van der Waals surface area (Å²) >= 11 is 0. The quantitative estimate of drug-likeness (QED) is 0.0636. The number of nitrogens with zero attached hydrogens (tertiary/aromatic N) is 6. The molecule has 11 atom stereocenters.